The smallest absolute Gasteiger partial charge is 0.229 e. The van der Waals surface area contributed by atoms with Crippen molar-refractivity contribution in [2.24, 2.45) is 0 Å². The van der Waals surface area contributed by atoms with Gasteiger partial charge in [0.05, 0.1) is 16.1 Å². The zero-order valence-corrected chi connectivity index (χ0v) is 15.4. The van der Waals surface area contributed by atoms with Gasteiger partial charge in [0, 0.05) is 17.6 Å². The number of para-hydroxylation sites is 1. The van der Waals surface area contributed by atoms with Gasteiger partial charge in [-0.25, -0.2) is 4.98 Å². The molecule has 3 rings (SSSR count). The largest absolute Gasteiger partial charge is 0.339 e. The Bertz CT molecular complexity index is 925. The fourth-order valence-corrected chi connectivity index (χ4v) is 2.80. The van der Waals surface area contributed by atoms with E-state index < -0.39 is 0 Å². The van der Waals surface area contributed by atoms with E-state index in [1.807, 2.05) is 56.3 Å². The van der Waals surface area contributed by atoms with E-state index in [9.17, 15) is 0 Å². The van der Waals surface area contributed by atoms with Crippen molar-refractivity contribution in [2.45, 2.75) is 13.8 Å². The normalized spacial score (nSPS) is 10.2. The van der Waals surface area contributed by atoms with Crippen LogP contribution >= 0.6 is 15.9 Å². The van der Waals surface area contributed by atoms with E-state index in [0.717, 1.165) is 27.0 Å². The van der Waals surface area contributed by atoms with E-state index in [-0.39, 0.29) is 0 Å². The molecule has 0 aliphatic heterocycles. The number of hydrogen-bond donors (Lipinski definition) is 2. The molecule has 1 heterocycles. The summed E-state index contributed by atoms with van der Waals surface area (Å²) in [6.45, 7) is 3.93. The second-order valence-electron chi connectivity index (χ2n) is 5.60. The van der Waals surface area contributed by atoms with Crippen LogP contribution in [0.5, 0.6) is 0 Å². The summed E-state index contributed by atoms with van der Waals surface area (Å²) in [6, 6.07) is 15.6. The van der Waals surface area contributed by atoms with Crippen molar-refractivity contribution in [1.29, 1.82) is 5.26 Å². The molecule has 0 saturated heterocycles. The second-order valence-corrected chi connectivity index (χ2v) is 6.46. The first-order valence-corrected chi connectivity index (χ1v) is 8.49. The van der Waals surface area contributed by atoms with Crippen LogP contribution in [0.4, 0.5) is 23.1 Å². The van der Waals surface area contributed by atoms with Crippen LogP contribution in [-0.4, -0.2) is 9.97 Å². The van der Waals surface area contributed by atoms with Crippen LogP contribution in [0.15, 0.2) is 53.1 Å². The Morgan fingerprint density at radius 3 is 2.36 bits per heavy atom. The summed E-state index contributed by atoms with van der Waals surface area (Å²) in [4.78, 5) is 8.84. The number of aryl methyl sites for hydroxylation is 2. The molecule has 3 aromatic rings. The van der Waals surface area contributed by atoms with Gasteiger partial charge in [-0.15, -0.1) is 0 Å². The number of nitrogens with one attached hydrogen (secondary N) is 2. The number of anilines is 4. The average molecular weight is 394 g/mol. The molecule has 0 spiro atoms. The van der Waals surface area contributed by atoms with Crippen molar-refractivity contribution < 1.29 is 0 Å². The molecule has 0 aliphatic rings. The molecule has 2 N–H and O–H groups in total. The van der Waals surface area contributed by atoms with Crippen LogP contribution in [0, 0.1) is 25.2 Å². The number of halogens is 1. The number of aromatic nitrogens is 2. The molecule has 25 heavy (non-hydrogen) atoms. The Hall–Kier alpha value is -2.91. The molecule has 124 valence electrons. The third kappa shape index (κ3) is 3.95. The molecule has 0 bridgehead atoms. The maximum Gasteiger partial charge on any atom is 0.229 e. The van der Waals surface area contributed by atoms with Crippen LogP contribution in [-0.2, 0) is 0 Å². The number of nitriles is 1. The zero-order chi connectivity index (χ0) is 17.8. The highest BCUT2D eigenvalue weighted by Crippen LogP contribution is 2.29. The van der Waals surface area contributed by atoms with Gasteiger partial charge in [0.1, 0.15) is 5.82 Å². The highest BCUT2D eigenvalue weighted by atomic mass is 79.9. The minimum atomic E-state index is 0.501. The van der Waals surface area contributed by atoms with Gasteiger partial charge < -0.3 is 10.6 Å². The molecular formula is C19H16BrN5. The number of benzene rings is 2. The van der Waals surface area contributed by atoms with Gasteiger partial charge in [0.25, 0.3) is 0 Å². The lowest BCUT2D eigenvalue weighted by Gasteiger charge is -2.14. The fraction of sp³-hybridized carbons (Fsp3) is 0.105. The van der Waals surface area contributed by atoms with E-state index in [2.05, 4.69) is 42.6 Å². The lowest BCUT2D eigenvalue weighted by Crippen LogP contribution is -2.03. The predicted octanol–water partition coefficient (Wildman–Crippen LogP) is 5.21. The Balaban J connectivity index is 1.91. The van der Waals surface area contributed by atoms with E-state index in [1.54, 1.807) is 6.20 Å². The standard InChI is InChI=1S/C19H16BrN5/c1-12-8-14(10-21)9-13(2)17(12)24-18-16(20)11-22-19(25-18)23-15-6-4-3-5-7-15/h3-9,11H,1-2H3,(H2,22,23,24,25). The van der Waals surface area contributed by atoms with Gasteiger partial charge >= 0.3 is 0 Å². The summed E-state index contributed by atoms with van der Waals surface area (Å²) in [5.74, 6) is 1.16. The summed E-state index contributed by atoms with van der Waals surface area (Å²) in [6.07, 6.45) is 1.70. The Kier molecular flexibility index (Phi) is 4.96. The van der Waals surface area contributed by atoms with E-state index >= 15 is 0 Å². The average Bonchev–Trinajstić information content (AvgIpc) is 2.61. The number of rotatable bonds is 4. The molecular weight excluding hydrogens is 378 g/mol. The summed E-state index contributed by atoms with van der Waals surface area (Å²) in [5, 5.41) is 15.6. The molecule has 0 radical (unpaired) electrons. The highest BCUT2D eigenvalue weighted by molar-refractivity contribution is 9.10. The van der Waals surface area contributed by atoms with Gasteiger partial charge in [-0.1, -0.05) is 18.2 Å². The van der Waals surface area contributed by atoms with Gasteiger partial charge in [-0.3, -0.25) is 0 Å². The third-order valence-electron chi connectivity index (χ3n) is 3.68. The molecule has 5 nitrogen and oxygen atoms in total. The van der Waals surface area contributed by atoms with Gasteiger partial charge in [0.2, 0.25) is 5.95 Å². The first-order valence-electron chi connectivity index (χ1n) is 7.70. The molecule has 6 heteroatoms. The van der Waals surface area contributed by atoms with Crippen molar-refractivity contribution >= 4 is 39.1 Å². The van der Waals surface area contributed by atoms with Crippen LogP contribution in [0.25, 0.3) is 0 Å². The van der Waals surface area contributed by atoms with E-state index in [4.69, 9.17) is 5.26 Å². The lowest BCUT2D eigenvalue weighted by molar-refractivity contribution is 1.15. The van der Waals surface area contributed by atoms with Gasteiger partial charge in [0.15, 0.2) is 0 Å². The van der Waals surface area contributed by atoms with Gasteiger partial charge in [-0.05, 0) is 65.2 Å². The van der Waals surface area contributed by atoms with Crippen LogP contribution < -0.4 is 10.6 Å². The SMILES string of the molecule is Cc1cc(C#N)cc(C)c1Nc1nc(Nc2ccccc2)ncc1Br. The van der Waals surface area contributed by atoms with Crippen molar-refractivity contribution in [1.82, 2.24) is 9.97 Å². The van der Waals surface area contributed by atoms with Crippen molar-refractivity contribution in [3.63, 3.8) is 0 Å². The first kappa shape index (κ1) is 16.9. The highest BCUT2D eigenvalue weighted by Gasteiger charge is 2.10. The van der Waals surface area contributed by atoms with Gasteiger partial charge in [-0.2, -0.15) is 10.2 Å². The molecule has 0 amide bonds. The number of hydrogen-bond acceptors (Lipinski definition) is 5. The van der Waals surface area contributed by atoms with Crippen LogP contribution in [0.1, 0.15) is 16.7 Å². The van der Waals surface area contributed by atoms with Crippen LogP contribution in [0.2, 0.25) is 0 Å². The molecule has 0 unspecified atom stereocenters. The molecule has 2 aromatic carbocycles. The molecule has 0 fully saturated rings. The zero-order valence-electron chi connectivity index (χ0n) is 13.8. The Morgan fingerprint density at radius 2 is 1.72 bits per heavy atom. The summed E-state index contributed by atoms with van der Waals surface area (Å²) in [5.41, 5.74) is 4.47. The maximum atomic E-state index is 9.08. The fourth-order valence-electron chi connectivity index (χ4n) is 2.51. The monoisotopic (exact) mass is 393 g/mol. The van der Waals surface area contributed by atoms with Crippen molar-refractivity contribution in [3.05, 3.63) is 69.8 Å². The first-order chi connectivity index (χ1) is 12.1. The minimum Gasteiger partial charge on any atom is -0.339 e. The summed E-state index contributed by atoms with van der Waals surface area (Å²) in [7, 11) is 0. The van der Waals surface area contributed by atoms with E-state index in [1.165, 1.54) is 0 Å². The Morgan fingerprint density at radius 1 is 1.04 bits per heavy atom. The van der Waals surface area contributed by atoms with Crippen LogP contribution in [0.3, 0.4) is 0 Å². The topological polar surface area (TPSA) is 73.6 Å². The lowest BCUT2D eigenvalue weighted by atomic mass is 10.0. The molecule has 0 atom stereocenters. The predicted molar refractivity (Wildman–Crippen MR) is 103 cm³/mol. The quantitative estimate of drug-likeness (QED) is 0.635. The Labute approximate surface area is 154 Å². The molecule has 0 saturated carbocycles. The third-order valence-corrected chi connectivity index (χ3v) is 4.26. The molecule has 0 aliphatic carbocycles. The summed E-state index contributed by atoms with van der Waals surface area (Å²) < 4.78 is 0.759. The summed E-state index contributed by atoms with van der Waals surface area (Å²) >= 11 is 3.48. The number of nitrogens with zero attached hydrogens (tertiary/aromatic N) is 3. The van der Waals surface area contributed by atoms with E-state index in [0.29, 0.717) is 17.3 Å². The second kappa shape index (κ2) is 7.32. The van der Waals surface area contributed by atoms with Crippen molar-refractivity contribution in [2.75, 3.05) is 10.6 Å². The molecule has 1 aromatic heterocycles. The maximum absolute atomic E-state index is 9.08. The van der Waals surface area contributed by atoms with Crippen molar-refractivity contribution in [3.8, 4) is 6.07 Å². The minimum absolute atomic E-state index is 0.501.